The third-order valence-corrected chi connectivity index (χ3v) is 4.21. The van der Waals surface area contributed by atoms with Crippen LogP contribution in [-0.4, -0.2) is 26.1 Å². The van der Waals surface area contributed by atoms with Crippen LogP contribution in [0.5, 0.6) is 0 Å². The maximum atomic E-state index is 12.8. The van der Waals surface area contributed by atoms with Gasteiger partial charge in [-0.05, 0) is 35.5 Å². The second kappa shape index (κ2) is 8.15. The second-order valence-electron chi connectivity index (χ2n) is 5.71. The summed E-state index contributed by atoms with van der Waals surface area (Å²) in [5.74, 6) is -0.327. The number of carbonyl (C=O) groups is 1. The van der Waals surface area contributed by atoms with Crippen molar-refractivity contribution in [1.29, 1.82) is 0 Å². The van der Waals surface area contributed by atoms with Crippen molar-refractivity contribution in [3.63, 3.8) is 0 Å². The SMILES string of the molecule is O=C(CCn1nnc(-c2cccc(C(F)(F)F)c2)n1)Nc1cc(Cl)ccc1Cl. The molecule has 1 heterocycles. The Hall–Kier alpha value is -2.65. The topological polar surface area (TPSA) is 72.7 Å². The molecular formula is C17H12Cl2F3N5O. The number of hydrogen-bond donors (Lipinski definition) is 1. The molecule has 0 fully saturated rings. The van der Waals surface area contributed by atoms with E-state index in [1.807, 2.05) is 0 Å². The predicted molar refractivity (Wildman–Crippen MR) is 98.0 cm³/mol. The Labute approximate surface area is 167 Å². The van der Waals surface area contributed by atoms with E-state index in [4.69, 9.17) is 23.2 Å². The Morgan fingerprint density at radius 1 is 1.14 bits per heavy atom. The van der Waals surface area contributed by atoms with Crippen LogP contribution >= 0.6 is 23.2 Å². The van der Waals surface area contributed by atoms with Gasteiger partial charge in [-0.1, -0.05) is 35.3 Å². The van der Waals surface area contributed by atoms with Crippen LogP contribution in [0.25, 0.3) is 11.4 Å². The minimum absolute atomic E-state index is 0.00122. The molecule has 6 nitrogen and oxygen atoms in total. The van der Waals surface area contributed by atoms with Gasteiger partial charge in [-0.25, -0.2) is 0 Å². The molecular weight excluding hydrogens is 418 g/mol. The molecule has 0 aliphatic carbocycles. The van der Waals surface area contributed by atoms with Crippen molar-refractivity contribution >= 4 is 34.8 Å². The quantitative estimate of drug-likeness (QED) is 0.638. The van der Waals surface area contributed by atoms with Crippen LogP contribution in [0.15, 0.2) is 42.5 Å². The van der Waals surface area contributed by atoms with Gasteiger partial charge >= 0.3 is 6.18 Å². The lowest BCUT2D eigenvalue weighted by atomic mass is 10.1. The van der Waals surface area contributed by atoms with Crippen LogP contribution < -0.4 is 5.32 Å². The van der Waals surface area contributed by atoms with Gasteiger partial charge in [0, 0.05) is 17.0 Å². The third kappa shape index (κ3) is 4.99. The van der Waals surface area contributed by atoms with E-state index in [2.05, 4.69) is 20.7 Å². The van der Waals surface area contributed by atoms with Gasteiger partial charge in [0.15, 0.2) is 0 Å². The zero-order chi connectivity index (χ0) is 20.3. The van der Waals surface area contributed by atoms with E-state index in [1.165, 1.54) is 18.2 Å². The smallest absolute Gasteiger partial charge is 0.325 e. The molecule has 28 heavy (non-hydrogen) atoms. The first-order valence-corrected chi connectivity index (χ1v) is 8.68. The zero-order valence-corrected chi connectivity index (χ0v) is 15.6. The molecule has 0 spiro atoms. The number of halogens is 5. The van der Waals surface area contributed by atoms with Gasteiger partial charge in [0.1, 0.15) is 0 Å². The molecule has 0 saturated heterocycles. The van der Waals surface area contributed by atoms with Crippen molar-refractivity contribution in [2.75, 3.05) is 5.32 Å². The number of anilines is 1. The Morgan fingerprint density at radius 2 is 1.93 bits per heavy atom. The number of aromatic nitrogens is 4. The van der Waals surface area contributed by atoms with Gasteiger partial charge in [0.05, 0.1) is 22.8 Å². The lowest BCUT2D eigenvalue weighted by Gasteiger charge is -2.07. The molecule has 0 bridgehead atoms. The Morgan fingerprint density at radius 3 is 2.68 bits per heavy atom. The summed E-state index contributed by atoms with van der Waals surface area (Å²) in [6.45, 7) is 0.0793. The molecule has 3 rings (SSSR count). The van der Waals surface area contributed by atoms with Gasteiger partial charge in [0.2, 0.25) is 11.7 Å². The minimum Gasteiger partial charge on any atom is -0.325 e. The molecule has 1 N–H and O–H groups in total. The van der Waals surface area contributed by atoms with Crippen molar-refractivity contribution in [2.45, 2.75) is 19.1 Å². The number of alkyl halides is 3. The zero-order valence-electron chi connectivity index (χ0n) is 14.0. The minimum atomic E-state index is -4.47. The molecule has 3 aromatic rings. The van der Waals surface area contributed by atoms with Crippen LogP contribution in [0.4, 0.5) is 18.9 Å². The highest BCUT2D eigenvalue weighted by atomic mass is 35.5. The van der Waals surface area contributed by atoms with Crippen molar-refractivity contribution < 1.29 is 18.0 Å². The van der Waals surface area contributed by atoms with Gasteiger partial charge in [-0.2, -0.15) is 18.0 Å². The molecule has 11 heteroatoms. The van der Waals surface area contributed by atoms with Crippen LogP contribution in [0.3, 0.4) is 0 Å². The second-order valence-corrected chi connectivity index (χ2v) is 6.55. The molecule has 1 aromatic heterocycles. The fraction of sp³-hybridized carbons (Fsp3) is 0.176. The molecule has 0 saturated carbocycles. The van der Waals surface area contributed by atoms with Gasteiger partial charge in [-0.3, -0.25) is 4.79 Å². The summed E-state index contributed by atoms with van der Waals surface area (Å²) in [5, 5.41) is 14.9. The highest BCUT2D eigenvalue weighted by molar-refractivity contribution is 6.35. The van der Waals surface area contributed by atoms with E-state index < -0.39 is 11.7 Å². The molecule has 0 aliphatic rings. The van der Waals surface area contributed by atoms with Crippen LogP contribution in [0.2, 0.25) is 10.0 Å². The number of carbonyl (C=O) groups excluding carboxylic acids is 1. The lowest BCUT2D eigenvalue weighted by molar-refractivity contribution is -0.137. The first kappa shape index (κ1) is 20.1. The molecule has 0 radical (unpaired) electrons. The molecule has 0 aliphatic heterocycles. The summed E-state index contributed by atoms with van der Waals surface area (Å²) >= 11 is 11.8. The summed E-state index contributed by atoms with van der Waals surface area (Å²) in [7, 11) is 0. The molecule has 146 valence electrons. The van der Waals surface area contributed by atoms with Crippen LogP contribution in [0.1, 0.15) is 12.0 Å². The Bertz CT molecular complexity index is 1010. The summed E-state index contributed by atoms with van der Waals surface area (Å²) in [6.07, 6.45) is -4.47. The monoisotopic (exact) mass is 429 g/mol. The van der Waals surface area contributed by atoms with E-state index in [-0.39, 0.29) is 30.3 Å². The van der Waals surface area contributed by atoms with Crippen molar-refractivity contribution in [3.8, 4) is 11.4 Å². The molecule has 1 amide bonds. The maximum absolute atomic E-state index is 12.8. The van der Waals surface area contributed by atoms with Gasteiger partial charge in [0.25, 0.3) is 0 Å². The fourth-order valence-electron chi connectivity index (χ4n) is 2.30. The van der Waals surface area contributed by atoms with Crippen molar-refractivity contribution in [2.24, 2.45) is 0 Å². The average Bonchev–Trinajstić information content (AvgIpc) is 3.12. The van der Waals surface area contributed by atoms with E-state index >= 15 is 0 Å². The summed E-state index contributed by atoms with van der Waals surface area (Å²) in [4.78, 5) is 13.2. The standard InChI is InChI=1S/C17H12Cl2F3N5O/c18-12-4-5-13(19)14(9-12)23-15(28)6-7-27-25-16(24-26-27)10-2-1-3-11(8-10)17(20,21)22/h1-5,8-9H,6-7H2,(H,23,28). The number of benzene rings is 2. The Balaban J connectivity index is 1.64. The lowest BCUT2D eigenvalue weighted by Crippen LogP contribution is -2.16. The number of tetrazole rings is 1. The van der Waals surface area contributed by atoms with Gasteiger partial charge in [-0.15, -0.1) is 10.2 Å². The normalized spacial score (nSPS) is 11.5. The summed E-state index contributed by atoms with van der Waals surface area (Å²) < 4.78 is 38.4. The van der Waals surface area contributed by atoms with Crippen LogP contribution in [-0.2, 0) is 17.5 Å². The van der Waals surface area contributed by atoms with E-state index in [1.54, 1.807) is 12.1 Å². The van der Waals surface area contributed by atoms with E-state index in [9.17, 15) is 18.0 Å². The van der Waals surface area contributed by atoms with Crippen LogP contribution in [0, 0.1) is 0 Å². The molecule has 0 unspecified atom stereocenters. The third-order valence-electron chi connectivity index (χ3n) is 3.64. The number of rotatable bonds is 5. The largest absolute Gasteiger partial charge is 0.416 e. The average molecular weight is 430 g/mol. The number of nitrogens with zero attached hydrogens (tertiary/aromatic N) is 4. The van der Waals surface area contributed by atoms with E-state index in [0.29, 0.717) is 15.7 Å². The molecule has 0 atom stereocenters. The number of hydrogen-bond acceptors (Lipinski definition) is 4. The highest BCUT2D eigenvalue weighted by Crippen LogP contribution is 2.31. The highest BCUT2D eigenvalue weighted by Gasteiger charge is 2.30. The summed E-state index contributed by atoms with van der Waals surface area (Å²) in [5.41, 5.74) is -0.259. The molecule has 2 aromatic carbocycles. The maximum Gasteiger partial charge on any atom is 0.416 e. The Kier molecular flexibility index (Phi) is 5.85. The first-order valence-electron chi connectivity index (χ1n) is 7.93. The van der Waals surface area contributed by atoms with Crippen molar-refractivity contribution in [3.05, 3.63) is 58.1 Å². The summed E-state index contributed by atoms with van der Waals surface area (Å²) in [6, 6.07) is 9.27. The number of nitrogens with one attached hydrogen (secondary N) is 1. The number of amides is 1. The van der Waals surface area contributed by atoms with Gasteiger partial charge < -0.3 is 5.32 Å². The van der Waals surface area contributed by atoms with Crippen molar-refractivity contribution in [1.82, 2.24) is 20.2 Å². The fourth-order valence-corrected chi connectivity index (χ4v) is 2.63. The first-order chi connectivity index (χ1) is 13.2. The number of aryl methyl sites for hydroxylation is 1. The van der Waals surface area contributed by atoms with E-state index in [0.717, 1.165) is 16.9 Å². The predicted octanol–water partition coefficient (Wildman–Crippen LogP) is 4.69.